The van der Waals surface area contributed by atoms with Crippen LogP contribution in [0.25, 0.3) is 0 Å². The molecule has 4 rings (SSSR count). The lowest BCUT2D eigenvalue weighted by Gasteiger charge is -2.32. The van der Waals surface area contributed by atoms with Gasteiger partial charge in [-0.3, -0.25) is 9.59 Å². The summed E-state index contributed by atoms with van der Waals surface area (Å²) in [5, 5.41) is 3.80. The molecule has 7 nitrogen and oxygen atoms in total. The monoisotopic (exact) mass is 543 g/mol. The van der Waals surface area contributed by atoms with Gasteiger partial charge in [-0.2, -0.15) is 13.2 Å². The SMILES string of the molecule is CC(=O)N1CCC(C(=O)N2C[C@H](CNc3cc(C(F)(F)F)ncn3)[C@@H](c3ccc(Cl)c(Cl)c3)C2)CC1. The molecule has 0 radical (unpaired) electrons. The second-order valence-corrected chi connectivity index (χ2v) is 10.0. The van der Waals surface area contributed by atoms with Crippen molar-refractivity contribution in [2.75, 3.05) is 38.0 Å². The molecule has 2 saturated heterocycles. The maximum Gasteiger partial charge on any atom is 0.433 e. The average Bonchev–Trinajstić information content (AvgIpc) is 3.28. The molecule has 2 aliphatic rings. The number of alkyl halides is 3. The highest BCUT2D eigenvalue weighted by Crippen LogP contribution is 2.37. The fourth-order valence-corrected chi connectivity index (χ4v) is 5.23. The van der Waals surface area contributed by atoms with Gasteiger partial charge >= 0.3 is 6.18 Å². The Hall–Kier alpha value is -2.59. The van der Waals surface area contributed by atoms with Crippen molar-refractivity contribution in [2.45, 2.75) is 31.9 Å². The number of rotatable bonds is 5. The minimum Gasteiger partial charge on any atom is -0.370 e. The van der Waals surface area contributed by atoms with Crippen LogP contribution < -0.4 is 5.32 Å². The quantitative estimate of drug-likeness (QED) is 0.590. The highest BCUT2D eigenvalue weighted by molar-refractivity contribution is 6.42. The lowest BCUT2D eigenvalue weighted by Crippen LogP contribution is -2.43. The number of nitrogens with one attached hydrogen (secondary N) is 1. The van der Waals surface area contributed by atoms with Crippen LogP contribution >= 0.6 is 23.2 Å². The molecule has 36 heavy (non-hydrogen) atoms. The summed E-state index contributed by atoms with van der Waals surface area (Å²) in [6, 6.07) is 6.20. The van der Waals surface area contributed by atoms with Crippen molar-refractivity contribution in [3.8, 4) is 0 Å². The lowest BCUT2D eigenvalue weighted by atomic mass is 9.89. The number of hydrogen-bond acceptors (Lipinski definition) is 5. The molecule has 0 saturated carbocycles. The lowest BCUT2D eigenvalue weighted by molar-refractivity contribution is -0.141. The molecule has 1 N–H and O–H groups in total. The Morgan fingerprint density at radius 2 is 1.78 bits per heavy atom. The second kappa shape index (κ2) is 10.8. The Morgan fingerprint density at radius 3 is 2.42 bits per heavy atom. The summed E-state index contributed by atoms with van der Waals surface area (Å²) in [6.45, 7) is 3.81. The van der Waals surface area contributed by atoms with Gasteiger partial charge in [-0.05, 0) is 30.5 Å². The summed E-state index contributed by atoms with van der Waals surface area (Å²) < 4.78 is 39.1. The number of anilines is 1. The van der Waals surface area contributed by atoms with Crippen LogP contribution in [0.1, 0.15) is 36.9 Å². The van der Waals surface area contributed by atoms with Crippen LogP contribution in [0.15, 0.2) is 30.6 Å². The molecule has 0 aliphatic carbocycles. The number of amides is 2. The number of carbonyl (C=O) groups is 2. The van der Waals surface area contributed by atoms with Gasteiger partial charge in [0.25, 0.3) is 0 Å². The van der Waals surface area contributed by atoms with Crippen molar-refractivity contribution in [3.63, 3.8) is 0 Å². The molecule has 2 amide bonds. The van der Waals surface area contributed by atoms with E-state index in [-0.39, 0.29) is 35.4 Å². The smallest absolute Gasteiger partial charge is 0.370 e. The van der Waals surface area contributed by atoms with Gasteiger partial charge in [0.15, 0.2) is 0 Å². The van der Waals surface area contributed by atoms with Gasteiger partial charge in [0, 0.05) is 63.5 Å². The average molecular weight is 544 g/mol. The summed E-state index contributed by atoms with van der Waals surface area (Å²) in [6.07, 6.45) is -2.48. The van der Waals surface area contributed by atoms with E-state index in [1.54, 1.807) is 17.0 Å². The van der Waals surface area contributed by atoms with E-state index in [9.17, 15) is 22.8 Å². The van der Waals surface area contributed by atoms with Gasteiger partial charge in [-0.1, -0.05) is 29.3 Å². The summed E-state index contributed by atoms with van der Waals surface area (Å²) >= 11 is 12.3. The molecule has 12 heteroatoms. The number of benzene rings is 1. The molecule has 194 valence electrons. The van der Waals surface area contributed by atoms with Crippen molar-refractivity contribution < 1.29 is 22.8 Å². The van der Waals surface area contributed by atoms with Gasteiger partial charge in [-0.15, -0.1) is 0 Å². The fraction of sp³-hybridized carbons (Fsp3) is 0.500. The van der Waals surface area contributed by atoms with E-state index in [2.05, 4.69) is 15.3 Å². The van der Waals surface area contributed by atoms with Crippen molar-refractivity contribution in [3.05, 3.63) is 51.9 Å². The third kappa shape index (κ3) is 6.03. The minimum atomic E-state index is -4.57. The molecular weight excluding hydrogens is 518 g/mol. The van der Waals surface area contributed by atoms with Gasteiger partial charge in [0.2, 0.25) is 11.8 Å². The first-order valence-corrected chi connectivity index (χ1v) is 12.4. The Labute approximate surface area is 217 Å². The maximum absolute atomic E-state index is 13.4. The van der Waals surface area contributed by atoms with Crippen molar-refractivity contribution in [1.29, 1.82) is 0 Å². The third-order valence-corrected chi connectivity index (χ3v) is 7.66. The van der Waals surface area contributed by atoms with E-state index < -0.39 is 11.9 Å². The molecule has 0 spiro atoms. The Balaban J connectivity index is 1.49. The molecule has 3 heterocycles. The van der Waals surface area contributed by atoms with Crippen LogP contribution in [0.3, 0.4) is 0 Å². The zero-order valence-electron chi connectivity index (χ0n) is 19.6. The maximum atomic E-state index is 13.4. The Kier molecular flexibility index (Phi) is 7.94. The summed E-state index contributed by atoms with van der Waals surface area (Å²) in [7, 11) is 0. The van der Waals surface area contributed by atoms with Gasteiger partial charge in [-0.25, -0.2) is 9.97 Å². The van der Waals surface area contributed by atoms with E-state index in [1.807, 2.05) is 11.0 Å². The highest BCUT2D eigenvalue weighted by Gasteiger charge is 2.39. The topological polar surface area (TPSA) is 78.4 Å². The number of nitrogens with zero attached hydrogens (tertiary/aromatic N) is 4. The van der Waals surface area contributed by atoms with E-state index in [4.69, 9.17) is 23.2 Å². The number of hydrogen-bond donors (Lipinski definition) is 1. The van der Waals surface area contributed by atoms with Crippen LogP contribution in [0.4, 0.5) is 19.0 Å². The van der Waals surface area contributed by atoms with E-state index in [1.165, 1.54) is 6.92 Å². The summed E-state index contributed by atoms with van der Waals surface area (Å²) in [5.41, 5.74) is -0.127. The number of aromatic nitrogens is 2. The molecule has 1 aromatic heterocycles. The largest absolute Gasteiger partial charge is 0.433 e. The van der Waals surface area contributed by atoms with Crippen LogP contribution in [0, 0.1) is 11.8 Å². The predicted molar refractivity (Wildman–Crippen MR) is 130 cm³/mol. The molecular formula is C24H26Cl2F3N5O2. The minimum absolute atomic E-state index is 0.00583. The van der Waals surface area contributed by atoms with Crippen molar-refractivity contribution >= 4 is 40.8 Å². The first-order valence-electron chi connectivity index (χ1n) is 11.6. The first-order chi connectivity index (χ1) is 17.0. The number of carbonyl (C=O) groups excluding carboxylic acids is 2. The Bertz CT molecular complexity index is 1130. The second-order valence-electron chi connectivity index (χ2n) is 9.23. The molecule has 2 fully saturated rings. The van der Waals surface area contributed by atoms with Gasteiger partial charge in [0.1, 0.15) is 17.8 Å². The van der Waals surface area contributed by atoms with Crippen LogP contribution in [-0.4, -0.2) is 64.3 Å². The standard InChI is InChI=1S/C24H26Cl2F3N5O2/c1-14(35)33-6-4-15(5-7-33)23(36)34-11-17(18(12-34)16-2-3-19(25)20(26)8-16)10-30-22-9-21(24(27,28)29)31-13-32-22/h2-3,8-9,13,15,17-18H,4-7,10-12H2,1H3,(H,30,31,32)/t17-,18+/m0/s1. The molecule has 2 atom stereocenters. The van der Waals surface area contributed by atoms with Crippen LogP contribution in [0.2, 0.25) is 10.0 Å². The van der Waals surface area contributed by atoms with Crippen molar-refractivity contribution in [1.82, 2.24) is 19.8 Å². The number of likely N-dealkylation sites (tertiary alicyclic amines) is 2. The van der Waals surface area contributed by atoms with E-state index >= 15 is 0 Å². The predicted octanol–water partition coefficient (Wildman–Crippen LogP) is 4.71. The normalized spacial score (nSPS) is 21.1. The highest BCUT2D eigenvalue weighted by atomic mass is 35.5. The fourth-order valence-electron chi connectivity index (χ4n) is 4.92. The number of piperidine rings is 1. The number of halogens is 5. The molecule has 1 aromatic carbocycles. The first kappa shape index (κ1) is 26.5. The zero-order chi connectivity index (χ0) is 26.0. The molecule has 2 aromatic rings. The summed E-state index contributed by atoms with van der Waals surface area (Å²) in [4.78, 5) is 35.7. The zero-order valence-corrected chi connectivity index (χ0v) is 21.1. The molecule has 2 aliphatic heterocycles. The van der Waals surface area contributed by atoms with Crippen LogP contribution in [-0.2, 0) is 15.8 Å². The molecule has 0 unspecified atom stereocenters. The van der Waals surface area contributed by atoms with Crippen molar-refractivity contribution in [2.24, 2.45) is 11.8 Å². The van der Waals surface area contributed by atoms with E-state index in [0.717, 1.165) is 18.0 Å². The Morgan fingerprint density at radius 1 is 1.06 bits per heavy atom. The van der Waals surface area contributed by atoms with E-state index in [0.29, 0.717) is 55.6 Å². The molecule has 0 bridgehead atoms. The summed E-state index contributed by atoms with van der Waals surface area (Å²) in [5.74, 6) is -0.270. The van der Waals surface area contributed by atoms with Crippen LogP contribution in [0.5, 0.6) is 0 Å². The van der Waals surface area contributed by atoms with Gasteiger partial charge in [0.05, 0.1) is 10.0 Å². The third-order valence-electron chi connectivity index (χ3n) is 6.92. The van der Waals surface area contributed by atoms with Gasteiger partial charge < -0.3 is 15.1 Å².